The summed E-state index contributed by atoms with van der Waals surface area (Å²) in [5.74, 6) is 0.240. The Kier molecular flexibility index (Phi) is 6.73. The minimum absolute atomic E-state index is 0.240. The van der Waals surface area contributed by atoms with Crippen molar-refractivity contribution in [2.24, 2.45) is 11.7 Å². The Balaban J connectivity index is 5.12. The van der Waals surface area contributed by atoms with Crippen molar-refractivity contribution < 1.29 is 13.3 Å². The Morgan fingerprint density at radius 1 is 1.00 bits per heavy atom. The molecule has 0 aliphatic heterocycles. The van der Waals surface area contributed by atoms with Crippen molar-refractivity contribution in [3.05, 3.63) is 0 Å². The van der Waals surface area contributed by atoms with Crippen LogP contribution in [0.3, 0.4) is 0 Å². The molecule has 0 amide bonds. The lowest BCUT2D eigenvalue weighted by molar-refractivity contribution is 0.0395. The van der Waals surface area contributed by atoms with Crippen molar-refractivity contribution in [2.45, 2.75) is 46.7 Å². The highest BCUT2D eigenvalue weighted by atomic mass is 28.4. The monoisotopic (exact) mass is 249 g/mol. The molecule has 2 N–H and O–H groups in total. The summed E-state index contributed by atoms with van der Waals surface area (Å²) in [5, 5.41) is -0.560. The summed E-state index contributed by atoms with van der Waals surface area (Å²) in [7, 11) is -2.81. The molecule has 5 heteroatoms. The molecule has 0 fully saturated rings. The molecule has 0 heterocycles. The van der Waals surface area contributed by atoms with Gasteiger partial charge in [-0.3, -0.25) is 0 Å². The van der Waals surface area contributed by atoms with Gasteiger partial charge in [-0.1, -0.05) is 13.8 Å². The van der Waals surface area contributed by atoms with Gasteiger partial charge in [0.15, 0.2) is 0 Å². The molecule has 4 nitrogen and oxygen atoms in total. The van der Waals surface area contributed by atoms with E-state index in [1.807, 2.05) is 27.7 Å². The predicted molar refractivity (Wildman–Crippen MR) is 68.1 cm³/mol. The molecule has 0 radical (unpaired) electrons. The Morgan fingerprint density at radius 3 is 1.50 bits per heavy atom. The molecule has 0 saturated carbocycles. The summed E-state index contributed by atoms with van der Waals surface area (Å²) >= 11 is 0. The van der Waals surface area contributed by atoms with Crippen LogP contribution in [-0.4, -0.2) is 33.8 Å². The van der Waals surface area contributed by atoms with Gasteiger partial charge in [-0.25, -0.2) is 0 Å². The van der Waals surface area contributed by atoms with Gasteiger partial charge in [0, 0.05) is 19.8 Å². The number of hydrogen-bond acceptors (Lipinski definition) is 4. The second-order valence-corrected chi connectivity index (χ2v) is 7.35. The molecule has 0 aromatic carbocycles. The van der Waals surface area contributed by atoms with Crippen molar-refractivity contribution >= 4 is 8.80 Å². The van der Waals surface area contributed by atoms with E-state index in [0.717, 1.165) is 0 Å². The summed E-state index contributed by atoms with van der Waals surface area (Å²) in [6.45, 7) is 13.6. The Morgan fingerprint density at radius 2 is 1.31 bits per heavy atom. The van der Waals surface area contributed by atoms with Crippen molar-refractivity contribution in [3.8, 4) is 0 Å². The van der Waals surface area contributed by atoms with Crippen LogP contribution in [-0.2, 0) is 13.3 Å². The molecule has 0 spiro atoms. The minimum Gasteiger partial charge on any atom is -0.373 e. The van der Waals surface area contributed by atoms with Crippen molar-refractivity contribution in [1.82, 2.24) is 0 Å². The average molecular weight is 249 g/mol. The Hall–Kier alpha value is 0.0569. The maximum atomic E-state index is 6.38. The van der Waals surface area contributed by atoms with Gasteiger partial charge in [0.2, 0.25) is 0 Å². The first-order chi connectivity index (χ1) is 7.38. The van der Waals surface area contributed by atoms with E-state index in [2.05, 4.69) is 13.8 Å². The molecule has 0 aliphatic rings. The lowest BCUT2D eigenvalue weighted by Crippen LogP contribution is -2.70. The molecule has 98 valence electrons. The highest BCUT2D eigenvalue weighted by molar-refractivity contribution is 6.64. The van der Waals surface area contributed by atoms with Crippen LogP contribution in [0.5, 0.6) is 0 Å². The number of rotatable bonds is 8. The van der Waals surface area contributed by atoms with Crippen LogP contribution in [0.4, 0.5) is 0 Å². The maximum absolute atomic E-state index is 6.38. The third kappa shape index (κ3) is 3.27. The van der Waals surface area contributed by atoms with Crippen molar-refractivity contribution in [1.29, 1.82) is 0 Å². The highest BCUT2D eigenvalue weighted by Crippen LogP contribution is 2.29. The van der Waals surface area contributed by atoms with Crippen LogP contribution < -0.4 is 5.73 Å². The molecule has 1 unspecified atom stereocenters. The van der Waals surface area contributed by atoms with Crippen molar-refractivity contribution in [3.63, 3.8) is 0 Å². The van der Waals surface area contributed by atoms with Gasteiger partial charge in [-0.05, 0) is 33.6 Å². The van der Waals surface area contributed by atoms with Gasteiger partial charge in [0.1, 0.15) is 0 Å². The highest BCUT2D eigenvalue weighted by Gasteiger charge is 2.57. The topological polar surface area (TPSA) is 53.7 Å². The minimum atomic E-state index is -2.81. The van der Waals surface area contributed by atoms with E-state index < -0.39 is 14.0 Å². The van der Waals surface area contributed by atoms with Gasteiger partial charge in [-0.15, -0.1) is 0 Å². The average Bonchev–Trinajstić information content (AvgIpc) is 2.18. The standard InChI is InChI=1S/C11H27NO3Si/c1-7-13-16(14-8-2,15-9-3)11(6,12)10(4)5/h10H,7-9,12H2,1-6H3. The van der Waals surface area contributed by atoms with E-state index in [1.165, 1.54) is 0 Å². The second-order valence-electron chi connectivity index (χ2n) is 4.29. The molecular weight excluding hydrogens is 222 g/mol. The Labute approximate surface area is 101 Å². The van der Waals surface area contributed by atoms with Gasteiger partial charge >= 0.3 is 8.80 Å². The molecule has 1 atom stereocenters. The molecule has 0 aromatic rings. The zero-order valence-corrected chi connectivity index (χ0v) is 12.5. The van der Waals surface area contributed by atoms with Crippen LogP contribution in [0.1, 0.15) is 41.5 Å². The van der Waals surface area contributed by atoms with E-state index in [1.54, 1.807) is 0 Å². The van der Waals surface area contributed by atoms with Gasteiger partial charge < -0.3 is 19.0 Å². The number of nitrogens with two attached hydrogens (primary N) is 1. The van der Waals surface area contributed by atoms with E-state index >= 15 is 0 Å². The quantitative estimate of drug-likeness (QED) is 0.668. The summed E-state index contributed by atoms with van der Waals surface area (Å²) in [4.78, 5) is 0. The second kappa shape index (κ2) is 6.71. The summed E-state index contributed by atoms with van der Waals surface area (Å²) in [6.07, 6.45) is 0. The SMILES string of the molecule is CCO[Si](OCC)(OCC)C(C)(N)C(C)C. The third-order valence-electron chi connectivity index (χ3n) is 2.86. The van der Waals surface area contributed by atoms with Crippen LogP contribution in [0.15, 0.2) is 0 Å². The smallest absolute Gasteiger partial charge is 0.373 e. The third-order valence-corrected chi connectivity index (χ3v) is 6.77. The van der Waals surface area contributed by atoms with E-state index in [-0.39, 0.29) is 5.92 Å². The van der Waals surface area contributed by atoms with Crippen LogP contribution in [0.25, 0.3) is 0 Å². The van der Waals surface area contributed by atoms with Crippen molar-refractivity contribution in [2.75, 3.05) is 19.8 Å². The van der Waals surface area contributed by atoms with Gasteiger partial charge in [-0.2, -0.15) is 0 Å². The zero-order chi connectivity index (χ0) is 12.8. The van der Waals surface area contributed by atoms with Crippen LogP contribution in [0.2, 0.25) is 0 Å². The number of hydrogen-bond donors (Lipinski definition) is 1. The zero-order valence-electron chi connectivity index (χ0n) is 11.5. The summed E-state index contributed by atoms with van der Waals surface area (Å²) in [5.41, 5.74) is 6.38. The van der Waals surface area contributed by atoms with Crippen LogP contribution >= 0.6 is 0 Å². The molecule has 0 aliphatic carbocycles. The maximum Gasteiger partial charge on any atom is 0.521 e. The fourth-order valence-electron chi connectivity index (χ4n) is 1.52. The lowest BCUT2D eigenvalue weighted by Gasteiger charge is -2.42. The molecule has 0 aromatic heterocycles. The first kappa shape index (κ1) is 16.1. The predicted octanol–water partition coefficient (Wildman–Crippen LogP) is 1.95. The fourth-order valence-corrected chi connectivity index (χ4v) is 4.55. The first-order valence-electron chi connectivity index (χ1n) is 6.08. The summed E-state index contributed by atoms with van der Waals surface area (Å²) in [6, 6.07) is 0. The van der Waals surface area contributed by atoms with Crippen LogP contribution in [0, 0.1) is 5.92 Å². The lowest BCUT2D eigenvalue weighted by atomic mass is 10.1. The molecule has 0 saturated heterocycles. The van der Waals surface area contributed by atoms with E-state index in [9.17, 15) is 0 Å². The largest absolute Gasteiger partial charge is 0.521 e. The Bertz CT molecular complexity index is 181. The normalized spacial score (nSPS) is 16.5. The van der Waals surface area contributed by atoms with E-state index in [0.29, 0.717) is 19.8 Å². The van der Waals surface area contributed by atoms with Gasteiger partial charge in [0.25, 0.3) is 0 Å². The molecule has 0 rings (SSSR count). The summed E-state index contributed by atoms with van der Waals surface area (Å²) < 4.78 is 17.4. The van der Waals surface area contributed by atoms with Gasteiger partial charge in [0.05, 0.1) is 5.16 Å². The molecule has 16 heavy (non-hydrogen) atoms. The van der Waals surface area contributed by atoms with E-state index in [4.69, 9.17) is 19.0 Å². The molecule has 0 bridgehead atoms. The fraction of sp³-hybridized carbons (Fsp3) is 1.00. The first-order valence-corrected chi connectivity index (χ1v) is 7.81. The molecular formula is C11H27NO3Si.